The van der Waals surface area contributed by atoms with Crippen LogP contribution < -0.4 is 5.32 Å². The van der Waals surface area contributed by atoms with E-state index in [1.54, 1.807) is 13.1 Å². The predicted octanol–water partition coefficient (Wildman–Crippen LogP) is 2.19. The molecule has 0 spiro atoms. The first-order valence-corrected chi connectivity index (χ1v) is 7.34. The molecule has 2 heterocycles. The van der Waals surface area contributed by atoms with E-state index in [-0.39, 0.29) is 5.91 Å². The lowest BCUT2D eigenvalue weighted by Crippen LogP contribution is -2.12. The van der Waals surface area contributed by atoms with E-state index in [0.29, 0.717) is 31.1 Å². The molecule has 0 bridgehead atoms. The molecule has 0 unspecified atom stereocenters. The summed E-state index contributed by atoms with van der Waals surface area (Å²) < 4.78 is 6.83. The van der Waals surface area contributed by atoms with Crippen molar-refractivity contribution in [1.82, 2.24) is 19.9 Å². The van der Waals surface area contributed by atoms with E-state index in [9.17, 15) is 4.79 Å². The van der Waals surface area contributed by atoms with E-state index >= 15 is 0 Å². The fraction of sp³-hybridized carbons (Fsp3) is 0.250. The van der Waals surface area contributed by atoms with Crippen LogP contribution >= 0.6 is 0 Å². The van der Waals surface area contributed by atoms with Gasteiger partial charge in [-0.15, -0.1) is 0 Å². The quantitative estimate of drug-likeness (QED) is 0.754. The van der Waals surface area contributed by atoms with Gasteiger partial charge in [-0.05, 0) is 30.7 Å². The van der Waals surface area contributed by atoms with Crippen molar-refractivity contribution >= 4 is 11.6 Å². The summed E-state index contributed by atoms with van der Waals surface area (Å²) >= 11 is 0. The maximum Gasteiger partial charge on any atom is 0.227 e. The Hall–Kier alpha value is -2.96. The number of aryl methyl sites for hydroxylation is 2. The predicted molar refractivity (Wildman–Crippen MR) is 83.8 cm³/mol. The fourth-order valence-corrected chi connectivity index (χ4v) is 2.16. The number of aromatic nitrogens is 4. The molecule has 7 nitrogen and oxygen atoms in total. The van der Waals surface area contributed by atoms with Crippen molar-refractivity contribution in [2.24, 2.45) is 0 Å². The minimum Gasteiger partial charge on any atom is -0.339 e. The molecular formula is C16H17N5O2. The van der Waals surface area contributed by atoms with Gasteiger partial charge in [0.15, 0.2) is 5.82 Å². The first kappa shape index (κ1) is 15.0. The van der Waals surface area contributed by atoms with Crippen molar-refractivity contribution in [3.8, 4) is 0 Å². The molecule has 1 aromatic carbocycles. The first-order valence-electron chi connectivity index (χ1n) is 7.34. The monoisotopic (exact) mass is 311 g/mol. The maximum absolute atomic E-state index is 11.9. The highest BCUT2D eigenvalue weighted by molar-refractivity contribution is 5.90. The van der Waals surface area contributed by atoms with Crippen LogP contribution in [0.1, 0.15) is 23.7 Å². The number of hydrogen-bond donors (Lipinski definition) is 1. The van der Waals surface area contributed by atoms with Gasteiger partial charge < -0.3 is 9.84 Å². The van der Waals surface area contributed by atoms with Crippen LogP contribution in [-0.4, -0.2) is 25.8 Å². The van der Waals surface area contributed by atoms with Gasteiger partial charge in [-0.3, -0.25) is 9.48 Å². The highest BCUT2D eigenvalue weighted by Crippen LogP contribution is 2.11. The lowest BCUT2D eigenvalue weighted by Gasteiger charge is -2.06. The lowest BCUT2D eigenvalue weighted by molar-refractivity contribution is -0.116. The Morgan fingerprint density at radius 2 is 2.13 bits per heavy atom. The average Bonchev–Trinajstić information content (AvgIpc) is 3.19. The Labute approximate surface area is 133 Å². The zero-order chi connectivity index (χ0) is 16.1. The molecular weight excluding hydrogens is 294 g/mol. The SMILES string of the molecule is Cc1noc(CCC(=O)Nc2ccc(Cn3cccn3)cc2)n1. The highest BCUT2D eigenvalue weighted by atomic mass is 16.5. The molecule has 0 aliphatic carbocycles. The molecule has 0 aliphatic rings. The van der Waals surface area contributed by atoms with Crippen molar-refractivity contribution < 1.29 is 9.32 Å². The number of nitrogens with one attached hydrogen (secondary N) is 1. The van der Waals surface area contributed by atoms with Gasteiger partial charge in [-0.2, -0.15) is 10.1 Å². The van der Waals surface area contributed by atoms with Gasteiger partial charge in [0.1, 0.15) is 0 Å². The Morgan fingerprint density at radius 1 is 1.30 bits per heavy atom. The third kappa shape index (κ3) is 4.26. The van der Waals surface area contributed by atoms with Gasteiger partial charge in [0.25, 0.3) is 0 Å². The van der Waals surface area contributed by atoms with Crippen molar-refractivity contribution in [1.29, 1.82) is 0 Å². The third-order valence-corrected chi connectivity index (χ3v) is 3.28. The summed E-state index contributed by atoms with van der Waals surface area (Å²) in [7, 11) is 0. The molecule has 0 saturated heterocycles. The molecule has 0 radical (unpaired) electrons. The standard InChI is InChI=1S/C16H17N5O2/c1-12-18-16(23-20-12)8-7-15(22)19-14-5-3-13(4-6-14)11-21-10-2-9-17-21/h2-6,9-10H,7-8,11H2,1H3,(H,19,22). The van der Waals surface area contributed by atoms with Crippen LogP contribution in [0.3, 0.4) is 0 Å². The van der Waals surface area contributed by atoms with E-state index in [2.05, 4.69) is 20.6 Å². The van der Waals surface area contributed by atoms with Crippen molar-refractivity contribution in [3.63, 3.8) is 0 Å². The van der Waals surface area contributed by atoms with Crippen LogP contribution in [0.5, 0.6) is 0 Å². The van der Waals surface area contributed by atoms with E-state index in [1.807, 2.05) is 41.2 Å². The summed E-state index contributed by atoms with van der Waals surface area (Å²) in [6.45, 7) is 2.45. The smallest absolute Gasteiger partial charge is 0.227 e. The molecule has 1 amide bonds. The molecule has 0 atom stereocenters. The average molecular weight is 311 g/mol. The van der Waals surface area contributed by atoms with Gasteiger partial charge >= 0.3 is 0 Å². The molecule has 23 heavy (non-hydrogen) atoms. The number of anilines is 1. The largest absolute Gasteiger partial charge is 0.339 e. The number of rotatable bonds is 6. The molecule has 1 N–H and O–H groups in total. The highest BCUT2D eigenvalue weighted by Gasteiger charge is 2.07. The van der Waals surface area contributed by atoms with Gasteiger partial charge in [0, 0.05) is 30.9 Å². The van der Waals surface area contributed by atoms with Gasteiger partial charge in [0.2, 0.25) is 11.8 Å². The summed E-state index contributed by atoms with van der Waals surface area (Å²) in [6, 6.07) is 9.60. The van der Waals surface area contributed by atoms with Crippen LogP contribution in [0.4, 0.5) is 5.69 Å². The minimum absolute atomic E-state index is 0.0827. The van der Waals surface area contributed by atoms with E-state index in [1.165, 1.54) is 0 Å². The lowest BCUT2D eigenvalue weighted by atomic mass is 10.2. The molecule has 3 aromatic rings. The van der Waals surface area contributed by atoms with Crippen LogP contribution in [0.25, 0.3) is 0 Å². The summed E-state index contributed by atoms with van der Waals surface area (Å²) in [4.78, 5) is 16.0. The number of benzene rings is 1. The van der Waals surface area contributed by atoms with Crippen LogP contribution in [-0.2, 0) is 17.8 Å². The molecule has 0 saturated carbocycles. The van der Waals surface area contributed by atoms with Crippen molar-refractivity contribution in [3.05, 3.63) is 60.0 Å². The first-order chi connectivity index (χ1) is 11.2. The Morgan fingerprint density at radius 3 is 2.78 bits per heavy atom. The Bertz CT molecular complexity index is 762. The molecule has 3 rings (SSSR count). The van der Waals surface area contributed by atoms with Crippen molar-refractivity contribution in [2.75, 3.05) is 5.32 Å². The summed E-state index contributed by atoms with van der Waals surface area (Å²) in [5.41, 5.74) is 1.88. The van der Waals surface area contributed by atoms with E-state index in [0.717, 1.165) is 11.3 Å². The number of carbonyl (C=O) groups excluding carboxylic acids is 1. The topological polar surface area (TPSA) is 85.8 Å². The number of nitrogens with zero attached hydrogens (tertiary/aromatic N) is 4. The molecule has 118 valence electrons. The maximum atomic E-state index is 11.9. The van der Waals surface area contributed by atoms with Gasteiger partial charge in [-0.25, -0.2) is 0 Å². The van der Waals surface area contributed by atoms with E-state index < -0.39 is 0 Å². The van der Waals surface area contributed by atoms with Gasteiger partial charge in [-0.1, -0.05) is 17.3 Å². The second kappa shape index (κ2) is 6.87. The summed E-state index contributed by atoms with van der Waals surface area (Å²) in [5.74, 6) is 0.973. The minimum atomic E-state index is -0.0827. The second-order valence-corrected chi connectivity index (χ2v) is 5.18. The third-order valence-electron chi connectivity index (χ3n) is 3.28. The van der Waals surface area contributed by atoms with Gasteiger partial charge in [0.05, 0.1) is 6.54 Å². The van der Waals surface area contributed by atoms with Crippen LogP contribution in [0.15, 0.2) is 47.2 Å². The normalized spacial score (nSPS) is 10.7. The molecule has 0 aliphatic heterocycles. The summed E-state index contributed by atoms with van der Waals surface area (Å²) in [6.07, 6.45) is 4.40. The van der Waals surface area contributed by atoms with E-state index in [4.69, 9.17) is 4.52 Å². The molecule has 2 aromatic heterocycles. The number of amides is 1. The van der Waals surface area contributed by atoms with Crippen molar-refractivity contribution in [2.45, 2.75) is 26.3 Å². The zero-order valence-corrected chi connectivity index (χ0v) is 12.8. The zero-order valence-electron chi connectivity index (χ0n) is 12.8. The molecule has 0 fully saturated rings. The number of carbonyl (C=O) groups is 1. The van der Waals surface area contributed by atoms with Crippen LogP contribution in [0, 0.1) is 6.92 Å². The second-order valence-electron chi connectivity index (χ2n) is 5.18. The summed E-state index contributed by atoms with van der Waals surface area (Å²) in [5, 5.41) is 10.7. The fourth-order valence-electron chi connectivity index (χ4n) is 2.16. The number of hydrogen-bond acceptors (Lipinski definition) is 5. The molecule has 7 heteroatoms. The Balaban J connectivity index is 1.50. The van der Waals surface area contributed by atoms with Crippen LogP contribution in [0.2, 0.25) is 0 Å². The Kier molecular flexibility index (Phi) is 4.46.